The highest BCUT2D eigenvalue weighted by Crippen LogP contribution is 2.29. The molecule has 2 aromatic heterocycles. The van der Waals surface area contributed by atoms with Gasteiger partial charge in [0, 0.05) is 17.6 Å². The number of amides is 1. The van der Waals surface area contributed by atoms with Crippen LogP contribution in [-0.2, 0) is 11.8 Å². The number of aryl methyl sites for hydroxylation is 2. The Morgan fingerprint density at radius 2 is 1.96 bits per heavy atom. The molecule has 0 saturated carbocycles. The number of nitrogens with one attached hydrogen (secondary N) is 1. The molecule has 0 radical (unpaired) electrons. The molecular weight excluding hydrogens is 354 g/mol. The summed E-state index contributed by atoms with van der Waals surface area (Å²) in [7, 11) is 1.70. The molecule has 130 valence electrons. The SMILES string of the molecule is Cc1sc2nc(SC(C)C(=O)Nc3ccccc3)n(C)c(=O)c2c1C. The fourth-order valence-corrected chi connectivity index (χ4v) is 4.38. The van der Waals surface area contributed by atoms with E-state index in [1.54, 1.807) is 7.05 Å². The van der Waals surface area contributed by atoms with E-state index in [1.165, 1.54) is 27.7 Å². The van der Waals surface area contributed by atoms with Gasteiger partial charge in [0.25, 0.3) is 5.56 Å². The first-order valence-electron chi connectivity index (χ1n) is 7.87. The van der Waals surface area contributed by atoms with Crippen LogP contribution in [0.25, 0.3) is 10.2 Å². The molecule has 3 aromatic rings. The highest BCUT2D eigenvalue weighted by molar-refractivity contribution is 8.00. The molecule has 0 bridgehead atoms. The standard InChI is InChI=1S/C18H19N3O2S2/c1-10-11(2)24-16-14(10)17(23)21(4)18(20-16)25-12(3)15(22)19-13-8-6-5-7-9-13/h5-9,12H,1-4H3,(H,19,22). The van der Waals surface area contributed by atoms with E-state index < -0.39 is 0 Å². The lowest BCUT2D eigenvalue weighted by atomic mass is 10.2. The number of fused-ring (bicyclic) bond motifs is 1. The van der Waals surface area contributed by atoms with Crippen molar-refractivity contribution in [2.45, 2.75) is 31.2 Å². The first-order chi connectivity index (χ1) is 11.9. The topological polar surface area (TPSA) is 64.0 Å². The largest absolute Gasteiger partial charge is 0.325 e. The van der Waals surface area contributed by atoms with E-state index in [2.05, 4.69) is 10.3 Å². The Labute approximate surface area is 154 Å². The average Bonchev–Trinajstić information content (AvgIpc) is 2.87. The third-order valence-corrected chi connectivity index (χ3v) is 6.31. The van der Waals surface area contributed by atoms with E-state index in [0.717, 1.165) is 21.0 Å². The van der Waals surface area contributed by atoms with E-state index >= 15 is 0 Å². The highest BCUT2D eigenvalue weighted by Gasteiger charge is 2.20. The van der Waals surface area contributed by atoms with Crippen LogP contribution in [0.15, 0.2) is 40.3 Å². The summed E-state index contributed by atoms with van der Waals surface area (Å²) in [6, 6.07) is 9.31. The van der Waals surface area contributed by atoms with Crippen molar-refractivity contribution in [2.75, 3.05) is 5.32 Å². The quantitative estimate of drug-likeness (QED) is 0.559. The molecule has 3 rings (SSSR count). The highest BCUT2D eigenvalue weighted by atomic mass is 32.2. The first kappa shape index (κ1) is 17.7. The van der Waals surface area contributed by atoms with Gasteiger partial charge in [-0.05, 0) is 38.5 Å². The first-order valence-corrected chi connectivity index (χ1v) is 9.57. The zero-order chi connectivity index (χ0) is 18.1. The molecule has 1 N–H and O–H groups in total. The van der Waals surface area contributed by atoms with E-state index in [1.807, 2.05) is 51.1 Å². The minimum absolute atomic E-state index is 0.0648. The smallest absolute Gasteiger partial charge is 0.262 e. The van der Waals surface area contributed by atoms with Gasteiger partial charge in [-0.3, -0.25) is 14.2 Å². The molecular formula is C18H19N3O2S2. The van der Waals surface area contributed by atoms with Crippen LogP contribution < -0.4 is 10.9 Å². The number of thioether (sulfide) groups is 1. The third kappa shape index (κ3) is 3.48. The summed E-state index contributed by atoms with van der Waals surface area (Å²) in [5, 5.41) is 3.72. The molecule has 0 aliphatic rings. The maximum Gasteiger partial charge on any atom is 0.262 e. The molecule has 25 heavy (non-hydrogen) atoms. The molecule has 1 amide bonds. The van der Waals surface area contributed by atoms with Gasteiger partial charge in [0.05, 0.1) is 10.6 Å². The summed E-state index contributed by atoms with van der Waals surface area (Å²) >= 11 is 2.80. The predicted octanol–water partition coefficient (Wildman–Crippen LogP) is 3.73. The van der Waals surface area contributed by atoms with Gasteiger partial charge < -0.3 is 5.32 Å². The Hall–Kier alpha value is -2.12. The van der Waals surface area contributed by atoms with Gasteiger partial charge in [0.2, 0.25) is 5.91 Å². The van der Waals surface area contributed by atoms with Crippen LogP contribution in [-0.4, -0.2) is 20.7 Å². The number of hydrogen-bond donors (Lipinski definition) is 1. The zero-order valence-electron chi connectivity index (χ0n) is 14.5. The van der Waals surface area contributed by atoms with Crippen LogP contribution in [0.2, 0.25) is 0 Å². The monoisotopic (exact) mass is 373 g/mol. The maximum absolute atomic E-state index is 12.6. The summed E-state index contributed by atoms with van der Waals surface area (Å²) in [6.45, 7) is 5.74. The number of rotatable bonds is 4. The van der Waals surface area contributed by atoms with Crippen molar-refractivity contribution in [1.29, 1.82) is 0 Å². The molecule has 0 spiro atoms. The second kappa shape index (κ2) is 7.01. The minimum Gasteiger partial charge on any atom is -0.325 e. The van der Waals surface area contributed by atoms with Crippen LogP contribution >= 0.6 is 23.1 Å². The van der Waals surface area contributed by atoms with Crippen molar-refractivity contribution in [3.63, 3.8) is 0 Å². The lowest BCUT2D eigenvalue weighted by molar-refractivity contribution is -0.115. The molecule has 1 aromatic carbocycles. The maximum atomic E-state index is 12.6. The van der Waals surface area contributed by atoms with Gasteiger partial charge >= 0.3 is 0 Å². The lowest BCUT2D eigenvalue weighted by Crippen LogP contribution is -2.25. The molecule has 5 nitrogen and oxygen atoms in total. The van der Waals surface area contributed by atoms with E-state index in [9.17, 15) is 9.59 Å². The van der Waals surface area contributed by atoms with Gasteiger partial charge in [-0.15, -0.1) is 11.3 Å². The number of para-hydroxylation sites is 1. The normalized spacial score (nSPS) is 12.3. The van der Waals surface area contributed by atoms with Crippen LogP contribution in [0.5, 0.6) is 0 Å². The van der Waals surface area contributed by atoms with Crippen LogP contribution in [0.4, 0.5) is 5.69 Å². The van der Waals surface area contributed by atoms with Crippen molar-refractivity contribution in [3.8, 4) is 0 Å². The lowest BCUT2D eigenvalue weighted by Gasteiger charge is -2.13. The zero-order valence-corrected chi connectivity index (χ0v) is 16.1. The van der Waals surface area contributed by atoms with Crippen molar-refractivity contribution in [2.24, 2.45) is 7.05 Å². The fourth-order valence-electron chi connectivity index (χ4n) is 2.44. The summed E-state index contributed by atoms with van der Waals surface area (Å²) in [5.74, 6) is -0.121. The van der Waals surface area contributed by atoms with Crippen LogP contribution in [0.3, 0.4) is 0 Å². The van der Waals surface area contributed by atoms with Gasteiger partial charge in [-0.25, -0.2) is 4.98 Å². The van der Waals surface area contributed by atoms with Crippen LogP contribution in [0, 0.1) is 13.8 Å². The van der Waals surface area contributed by atoms with Crippen molar-refractivity contribution in [3.05, 3.63) is 51.1 Å². The van der Waals surface area contributed by atoms with Crippen molar-refractivity contribution in [1.82, 2.24) is 9.55 Å². The molecule has 0 aliphatic heterocycles. The summed E-state index contributed by atoms with van der Waals surface area (Å²) < 4.78 is 1.53. The number of thiophene rings is 1. The fraction of sp³-hybridized carbons (Fsp3) is 0.278. The van der Waals surface area contributed by atoms with E-state index in [0.29, 0.717) is 10.5 Å². The minimum atomic E-state index is -0.377. The average molecular weight is 374 g/mol. The summed E-state index contributed by atoms with van der Waals surface area (Å²) in [4.78, 5) is 31.5. The third-order valence-electron chi connectivity index (χ3n) is 4.06. The Kier molecular flexibility index (Phi) is 4.96. The van der Waals surface area contributed by atoms with Gasteiger partial charge in [-0.1, -0.05) is 30.0 Å². The van der Waals surface area contributed by atoms with Gasteiger partial charge in [-0.2, -0.15) is 0 Å². The van der Waals surface area contributed by atoms with Gasteiger partial charge in [0.1, 0.15) is 4.83 Å². The van der Waals surface area contributed by atoms with E-state index in [4.69, 9.17) is 0 Å². The van der Waals surface area contributed by atoms with E-state index in [-0.39, 0.29) is 16.7 Å². The Bertz CT molecular complexity index is 993. The predicted molar refractivity (Wildman–Crippen MR) is 105 cm³/mol. The number of benzene rings is 1. The Morgan fingerprint density at radius 1 is 1.28 bits per heavy atom. The number of carbonyl (C=O) groups excluding carboxylic acids is 1. The molecule has 1 unspecified atom stereocenters. The summed E-state index contributed by atoms with van der Waals surface area (Å²) in [6.07, 6.45) is 0. The molecule has 0 fully saturated rings. The molecule has 1 atom stereocenters. The Morgan fingerprint density at radius 3 is 2.64 bits per heavy atom. The molecule has 2 heterocycles. The molecule has 0 aliphatic carbocycles. The summed E-state index contributed by atoms with van der Waals surface area (Å²) in [5.41, 5.74) is 1.67. The van der Waals surface area contributed by atoms with Crippen molar-refractivity contribution >= 4 is 44.9 Å². The number of hydrogen-bond acceptors (Lipinski definition) is 5. The number of aromatic nitrogens is 2. The number of nitrogens with zero attached hydrogens (tertiary/aromatic N) is 2. The second-order valence-electron chi connectivity index (χ2n) is 5.84. The molecule has 0 saturated heterocycles. The van der Waals surface area contributed by atoms with Gasteiger partial charge in [0.15, 0.2) is 5.16 Å². The van der Waals surface area contributed by atoms with Crippen molar-refractivity contribution < 1.29 is 4.79 Å². The van der Waals surface area contributed by atoms with Crippen LogP contribution in [0.1, 0.15) is 17.4 Å². The molecule has 7 heteroatoms. The number of anilines is 1. The Balaban J connectivity index is 1.86. The second-order valence-corrected chi connectivity index (χ2v) is 8.35. The number of carbonyl (C=O) groups is 1.